The van der Waals surface area contributed by atoms with Crippen molar-refractivity contribution in [1.82, 2.24) is 0 Å². The second kappa shape index (κ2) is 12.9. The van der Waals surface area contributed by atoms with Crippen molar-refractivity contribution in [2.75, 3.05) is 0 Å². The zero-order valence-electron chi connectivity index (χ0n) is 17.0. The smallest absolute Gasteiger partial charge is 0.303 e. The first kappa shape index (κ1) is 22.9. The van der Waals surface area contributed by atoms with Gasteiger partial charge in [0.15, 0.2) is 0 Å². The van der Waals surface area contributed by atoms with Crippen molar-refractivity contribution in [3.05, 3.63) is 60.2 Å². The molecule has 1 fully saturated rings. The molecule has 29 heavy (non-hydrogen) atoms. The number of aliphatic hydroxyl groups is 1. The lowest BCUT2D eigenvalue weighted by Gasteiger charge is -2.15. The number of benzene rings is 1. The zero-order chi connectivity index (χ0) is 20.9. The first-order chi connectivity index (χ1) is 14.1. The van der Waals surface area contributed by atoms with Crippen LogP contribution in [0.4, 0.5) is 0 Å². The minimum absolute atomic E-state index is 0.0486. The number of carboxylic acids is 1. The van der Waals surface area contributed by atoms with Gasteiger partial charge >= 0.3 is 5.97 Å². The monoisotopic (exact) mass is 399 g/mol. The average Bonchev–Trinajstić information content (AvgIpc) is 3.11. The van der Waals surface area contributed by atoms with Crippen LogP contribution in [0.5, 0.6) is 0 Å². The van der Waals surface area contributed by atoms with E-state index in [-0.39, 0.29) is 12.3 Å². The van der Waals surface area contributed by atoms with E-state index in [0.29, 0.717) is 18.8 Å². The van der Waals surface area contributed by atoms with E-state index in [4.69, 9.17) is 5.11 Å². The van der Waals surface area contributed by atoms with Crippen LogP contribution in [-0.2, 0) is 11.2 Å². The van der Waals surface area contributed by atoms with E-state index in [1.54, 1.807) is 0 Å². The molecule has 3 atom stereocenters. The Morgan fingerprint density at radius 2 is 2.00 bits per heavy atom. The van der Waals surface area contributed by atoms with E-state index in [0.717, 1.165) is 44.2 Å². The Labute approximate surface area is 173 Å². The van der Waals surface area contributed by atoms with E-state index < -0.39 is 12.1 Å². The van der Waals surface area contributed by atoms with Crippen molar-refractivity contribution in [2.45, 2.75) is 63.9 Å². The lowest BCUT2D eigenvalue weighted by atomic mass is 9.91. The van der Waals surface area contributed by atoms with Gasteiger partial charge in [-0.15, -0.1) is 0 Å². The van der Waals surface area contributed by atoms with Crippen molar-refractivity contribution < 1.29 is 20.2 Å². The number of rotatable bonds is 12. The maximum Gasteiger partial charge on any atom is 0.303 e. The molecule has 1 aromatic carbocycles. The molecule has 0 bridgehead atoms. The van der Waals surface area contributed by atoms with Crippen molar-refractivity contribution in [1.29, 1.82) is 0 Å². The fraction of sp³-hybridized carbons (Fsp3) is 0.500. The molecule has 1 saturated carbocycles. The molecule has 0 radical (unpaired) electrons. The van der Waals surface area contributed by atoms with Crippen molar-refractivity contribution in [3.63, 3.8) is 0 Å². The SMILES string of the molecule is O=C(O)CCC/C=C\CC1CC/C(=N/O)C1/C=C/C(O)CCCc1ccccc1. The number of carbonyl (C=O) groups is 1. The molecule has 0 saturated heterocycles. The van der Waals surface area contributed by atoms with E-state index in [2.05, 4.69) is 23.4 Å². The summed E-state index contributed by atoms with van der Waals surface area (Å²) < 4.78 is 0. The van der Waals surface area contributed by atoms with Gasteiger partial charge in [0.2, 0.25) is 0 Å². The number of oxime groups is 1. The third-order valence-corrected chi connectivity index (χ3v) is 5.51. The Kier molecular flexibility index (Phi) is 10.2. The van der Waals surface area contributed by atoms with Gasteiger partial charge in [-0.1, -0.05) is 59.8 Å². The fourth-order valence-electron chi connectivity index (χ4n) is 3.87. The van der Waals surface area contributed by atoms with Crippen LogP contribution in [0.15, 0.2) is 59.8 Å². The number of hydrogen-bond acceptors (Lipinski definition) is 4. The van der Waals surface area contributed by atoms with Crippen LogP contribution in [0.2, 0.25) is 0 Å². The molecular formula is C24H33NO4. The normalized spacial score (nSPS) is 22.0. The van der Waals surface area contributed by atoms with Gasteiger partial charge in [-0.05, 0) is 62.8 Å². The minimum atomic E-state index is -0.759. The third-order valence-electron chi connectivity index (χ3n) is 5.51. The summed E-state index contributed by atoms with van der Waals surface area (Å²) in [6.45, 7) is 0. The van der Waals surface area contributed by atoms with Gasteiger partial charge in [-0.25, -0.2) is 0 Å². The Morgan fingerprint density at radius 3 is 2.72 bits per heavy atom. The second-order valence-electron chi connectivity index (χ2n) is 7.74. The molecule has 1 aromatic rings. The number of nitrogens with zero attached hydrogens (tertiary/aromatic N) is 1. The molecule has 0 heterocycles. The Hall–Kier alpha value is -2.40. The van der Waals surface area contributed by atoms with Gasteiger partial charge in [0.1, 0.15) is 0 Å². The Balaban J connectivity index is 1.78. The van der Waals surface area contributed by atoms with E-state index >= 15 is 0 Å². The first-order valence-corrected chi connectivity index (χ1v) is 10.6. The molecule has 0 spiro atoms. The van der Waals surface area contributed by atoms with Crippen molar-refractivity contribution >= 4 is 11.7 Å². The lowest BCUT2D eigenvalue weighted by molar-refractivity contribution is -0.137. The molecule has 158 valence electrons. The molecule has 2 rings (SSSR count). The molecule has 0 aliphatic heterocycles. The second-order valence-corrected chi connectivity index (χ2v) is 7.74. The topological polar surface area (TPSA) is 90.1 Å². The molecule has 1 aliphatic rings. The average molecular weight is 400 g/mol. The summed E-state index contributed by atoms with van der Waals surface area (Å²) in [5.41, 5.74) is 2.06. The van der Waals surface area contributed by atoms with Crippen LogP contribution in [0, 0.1) is 11.8 Å². The molecule has 1 aliphatic carbocycles. The van der Waals surface area contributed by atoms with Gasteiger partial charge in [-0.3, -0.25) is 4.79 Å². The van der Waals surface area contributed by atoms with Crippen LogP contribution < -0.4 is 0 Å². The predicted molar refractivity (Wildman–Crippen MR) is 115 cm³/mol. The largest absolute Gasteiger partial charge is 0.481 e. The molecule has 3 unspecified atom stereocenters. The zero-order valence-corrected chi connectivity index (χ0v) is 17.0. The van der Waals surface area contributed by atoms with Gasteiger partial charge in [-0.2, -0.15) is 0 Å². The molecule has 3 N–H and O–H groups in total. The summed E-state index contributed by atoms with van der Waals surface area (Å²) in [6.07, 6.45) is 14.3. The van der Waals surface area contributed by atoms with E-state index in [1.807, 2.05) is 36.4 Å². The summed E-state index contributed by atoms with van der Waals surface area (Å²) in [5, 5.41) is 31.7. The maximum atomic E-state index is 10.5. The summed E-state index contributed by atoms with van der Waals surface area (Å²) in [7, 11) is 0. The number of carboxylic acid groups (broad SMARTS) is 1. The summed E-state index contributed by atoms with van der Waals surface area (Å²) in [6, 6.07) is 10.3. The van der Waals surface area contributed by atoms with E-state index in [9.17, 15) is 15.1 Å². The summed E-state index contributed by atoms with van der Waals surface area (Å²) in [4.78, 5) is 10.5. The van der Waals surface area contributed by atoms with Gasteiger partial charge in [0.05, 0.1) is 11.8 Å². The number of hydrogen-bond donors (Lipinski definition) is 3. The van der Waals surface area contributed by atoms with Crippen molar-refractivity contribution in [3.8, 4) is 0 Å². The molecular weight excluding hydrogens is 366 g/mol. The molecule has 0 aromatic heterocycles. The van der Waals surface area contributed by atoms with Gasteiger partial charge in [0.25, 0.3) is 0 Å². The highest BCUT2D eigenvalue weighted by molar-refractivity contribution is 5.90. The number of aliphatic hydroxyl groups excluding tert-OH is 1. The number of aryl methyl sites for hydroxylation is 1. The number of unbranched alkanes of at least 4 members (excludes halogenated alkanes) is 1. The minimum Gasteiger partial charge on any atom is -0.481 e. The van der Waals surface area contributed by atoms with Crippen molar-refractivity contribution in [2.24, 2.45) is 17.0 Å². The molecule has 5 heteroatoms. The van der Waals surface area contributed by atoms with Gasteiger partial charge in [0, 0.05) is 12.3 Å². The fourth-order valence-corrected chi connectivity index (χ4v) is 3.87. The third kappa shape index (κ3) is 8.65. The highest BCUT2D eigenvalue weighted by atomic mass is 16.4. The molecule has 5 nitrogen and oxygen atoms in total. The number of aliphatic carboxylic acids is 1. The van der Waals surface area contributed by atoms with Crippen LogP contribution >= 0.6 is 0 Å². The highest BCUT2D eigenvalue weighted by Gasteiger charge is 2.30. The van der Waals surface area contributed by atoms with E-state index in [1.165, 1.54) is 5.56 Å². The van der Waals surface area contributed by atoms with Gasteiger partial charge < -0.3 is 15.4 Å². The lowest BCUT2D eigenvalue weighted by Crippen LogP contribution is -2.13. The first-order valence-electron chi connectivity index (χ1n) is 10.6. The molecule has 0 amide bonds. The Bertz CT molecular complexity index is 696. The van der Waals surface area contributed by atoms with Crippen LogP contribution in [0.25, 0.3) is 0 Å². The van der Waals surface area contributed by atoms with Crippen LogP contribution in [-0.4, -0.2) is 33.2 Å². The number of allylic oxidation sites excluding steroid dienone is 3. The summed E-state index contributed by atoms with van der Waals surface area (Å²) in [5.74, 6) is -0.359. The van der Waals surface area contributed by atoms with Crippen LogP contribution in [0.1, 0.15) is 56.9 Å². The quantitative estimate of drug-likeness (QED) is 0.200. The highest BCUT2D eigenvalue weighted by Crippen LogP contribution is 2.34. The maximum absolute atomic E-state index is 10.5. The summed E-state index contributed by atoms with van der Waals surface area (Å²) >= 11 is 0. The predicted octanol–water partition coefficient (Wildman–Crippen LogP) is 4.98. The Morgan fingerprint density at radius 1 is 1.21 bits per heavy atom. The van der Waals surface area contributed by atoms with Crippen LogP contribution in [0.3, 0.4) is 0 Å². The standard InChI is InChI=1S/C24H33NO4/c26-21(13-8-11-19-9-4-3-5-10-19)16-17-22-20(15-18-23(22)25-29)12-6-1-2-7-14-24(27)28/h1,3-6,9-10,16-17,20-22,26,29H,2,7-8,11-15,18H2,(H,27,28)/b6-1-,17-16+,25-23-.